The third-order valence-corrected chi connectivity index (χ3v) is 4.34. The summed E-state index contributed by atoms with van der Waals surface area (Å²) in [5.41, 5.74) is 2.47. The molecule has 0 radical (unpaired) electrons. The number of anilines is 1. The summed E-state index contributed by atoms with van der Waals surface area (Å²) < 4.78 is 7.99. The van der Waals surface area contributed by atoms with Crippen LogP contribution in [0, 0.1) is 6.92 Å². The smallest absolute Gasteiger partial charge is 0.131 e. The van der Waals surface area contributed by atoms with Crippen LogP contribution in [0.4, 0.5) is 5.82 Å². The number of fused-ring (bicyclic) bond motifs is 2. The zero-order chi connectivity index (χ0) is 14.3. The van der Waals surface area contributed by atoms with Gasteiger partial charge in [-0.05, 0) is 19.8 Å². The fraction of sp³-hybridized carbons (Fsp3) is 0.800. The zero-order valence-corrected chi connectivity index (χ0v) is 13.0. The molecular formula is C15H26N4O. The second kappa shape index (κ2) is 5.37. The van der Waals surface area contributed by atoms with Gasteiger partial charge >= 0.3 is 0 Å². The van der Waals surface area contributed by atoms with E-state index in [1.807, 2.05) is 4.68 Å². The lowest BCUT2D eigenvalue weighted by Crippen LogP contribution is -2.44. The Bertz CT molecular complexity index is 470. The average Bonchev–Trinajstić information content (AvgIpc) is 2.86. The van der Waals surface area contributed by atoms with Crippen molar-refractivity contribution >= 4 is 5.82 Å². The van der Waals surface area contributed by atoms with Crippen LogP contribution in [-0.4, -0.2) is 41.1 Å². The summed E-state index contributed by atoms with van der Waals surface area (Å²) in [6.45, 7) is 9.37. The minimum atomic E-state index is 0.412. The van der Waals surface area contributed by atoms with Crippen LogP contribution in [-0.2, 0) is 18.3 Å². The molecule has 5 nitrogen and oxygen atoms in total. The van der Waals surface area contributed by atoms with Gasteiger partial charge in [-0.1, -0.05) is 13.8 Å². The van der Waals surface area contributed by atoms with E-state index in [9.17, 15) is 0 Å². The highest BCUT2D eigenvalue weighted by Crippen LogP contribution is 2.32. The highest BCUT2D eigenvalue weighted by Gasteiger charge is 2.35. The van der Waals surface area contributed by atoms with Crippen molar-refractivity contribution in [2.24, 2.45) is 7.05 Å². The van der Waals surface area contributed by atoms with Crippen LogP contribution in [0.3, 0.4) is 0 Å². The van der Waals surface area contributed by atoms with Crippen LogP contribution < -0.4 is 10.2 Å². The van der Waals surface area contributed by atoms with E-state index in [-0.39, 0.29) is 0 Å². The van der Waals surface area contributed by atoms with Crippen molar-refractivity contribution in [2.45, 2.75) is 58.4 Å². The number of ether oxygens (including phenoxy) is 1. The Morgan fingerprint density at radius 1 is 1.30 bits per heavy atom. The minimum Gasteiger partial charge on any atom is -0.371 e. The molecule has 1 aromatic rings. The number of rotatable bonds is 4. The van der Waals surface area contributed by atoms with Crippen LogP contribution in [0.1, 0.15) is 37.9 Å². The zero-order valence-electron chi connectivity index (χ0n) is 13.0. The van der Waals surface area contributed by atoms with Crippen molar-refractivity contribution in [1.29, 1.82) is 0 Å². The van der Waals surface area contributed by atoms with Gasteiger partial charge in [-0.2, -0.15) is 5.10 Å². The van der Waals surface area contributed by atoms with Crippen molar-refractivity contribution in [3.8, 4) is 0 Å². The van der Waals surface area contributed by atoms with Gasteiger partial charge in [0.1, 0.15) is 5.82 Å². The number of aromatic nitrogens is 2. The molecule has 3 rings (SSSR count). The molecule has 2 aliphatic heterocycles. The Morgan fingerprint density at radius 2 is 1.95 bits per heavy atom. The van der Waals surface area contributed by atoms with Gasteiger partial charge in [0.15, 0.2) is 0 Å². The highest BCUT2D eigenvalue weighted by molar-refractivity contribution is 5.51. The molecule has 5 heteroatoms. The van der Waals surface area contributed by atoms with E-state index in [0.717, 1.165) is 25.3 Å². The monoisotopic (exact) mass is 278 g/mol. The minimum absolute atomic E-state index is 0.412. The lowest BCUT2D eigenvalue weighted by molar-refractivity contribution is 0.0299. The quantitative estimate of drug-likeness (QED) is 0.908. The largest absolute Gasteiger partial charge is 0.371 e. The Kier molecular flexibility index (Phi) is 3.73. The van der Waals surface area contributed by atoms with E-state index in [1.165, 1.54) is 24.2 Å². The van der Waals surface area contributed by atoms with Crippen LogP contribution in [0.5, 0.6) is 0 Å². The number of nitrogens with one attached hydrogen (secondary N) is 1. The maximum Gasteiger partial charge on any atom is 0.131 e. The normalized spacial score (nSPS) is 25.8. The molecule has 2 unspecified atom stereocenters. The van der Waals surface area contributed by atoms with Gasteiger partial charge in [-0.3, -0.25) is 4.68 Å². The molecular weight excluding hydrogens is 252 g/mol. The Morgan fingerprint density at radius 3 is 2.55 bits per heavy atom. The SMILES string of the molecule is Cc1nn(C)c(N2CC3CCC(C2)O3)c1CNC(C)C. The van der Waals surface area contributed by atoms with Gasteiger partial charge in [-0.15, -0.1) is 0 Å². The van der Waals surface area contributed by atoms with Crippen LogP contribution in [0.25, 0.3) is 0 Å². The number of morpholine rings is 1. The first-order valence-electron chi connectivity index (χ1n) is 7.71. The topological polar surface area (TPSA) is 42.3 Å². The van der Waals surface area contributed by atoms with E-state index in [4.69, 9.17) is 4.74 Å². The van der Waals surface area contributed by atoms with Crippen LogP contribution >= 0.6 is 0 Å². The van der Waals surface area contributed by atoms with Gasteiger partial charge in [0, 0.05) is 38.3 Å². The summed E-state index contributed by atoms with van der Waals surface area (Å²) in [6, 6.07) is 0.489. The van der Waals surface area contributed by atoms with Crippen molar-refractivity contribution in [1.82, 2.24) is 15.1 Å². The summed E-state index contributed by atoms with van der Waals surface area (Å²) in [4.78, 5) is 2.48. The lowest BCUT2D eigenvalue weighted by Gasteiger charge is -2.34. The first-order chi connectivity index (χ1) is 9.54. The van der Waals surface area contributed by atoms with Crippen molar-refractivity contribution in [3.05, 3.63) is 11.3 Å². The standard InChI is InChI=1S/C15H26N4O/c1-10(2)16-7-14-11(3)17-18(4)15(14)19-8-12-5-6-13(9-19)20-12/h10,12-13,16H,5-9H2,1-4H3. The van der Waals surface area contributed by atoms with Crippen molar-refractivity contribution in [3.63, 3.8) is 0 Å². The van der Waals surface area contributed by atoms with E-state index in [0.29, 0.717) is 18.2 Å². The van der Waals surface area contributed by atoms with Gasteiger partial charge in [0.2, 0.25) is 0 Å². The second-order valence-electron chi connectivity index (χ2n) is 6.41. The molecule has 0 amide bonds. The number of nitrogens with zero attached hydrogens (tertiary/aromatic N) is 3. The summed E-state index contributed by atoms with van der Waals surface area (Å²) in [7, 11) is 2.05. The molecule has 3 heterocycles. The number of hydrogen-bond acceptors (Lipinski definition) is 4. The van der Waals surface area contributed by atoms with Gasteiger partial charge in [0.25, 0.3) is 0 Å². The first kappa shape index (κ1) is 13.9. The molecule has 2 bridgehead atoms. The maximum atomic E-state index is 5.95. The summed E-state index contributed by atoms with van der Waals surface area (Å²) in [5.74, 6) is 1.27. The van der Waals surface area contributed by atoms with Crippen molar-refractivity contribution < 1.29 is 4.74 Å². The van der Waals surface area contributed by atoms with E-state index in [2.05, 4.69) is 43.1 Å². The predicted octanol–water partition coefficient (Wildman–Crippen LogP) is 1.59. The molecule has 2 atom stereocenters. The summed E-state index contributed by atoms with van der Waals surface area (Å²) in [6.07, 6.45) is 3.24. The van der Waals surface area contributed by atoms with Crippen LogP contribution in [0.15, 0.2) is 0 Å². The predicted molar refractivity (Wildman–Crippen MR) is 80.0 cm³/mol. The van der Waals surface area contributed by atoms with Crippen molar-refractivity contribution in [2.75, 3.05) is 18.0 Å². The molecule has 0 saturated carbocycles. The highest BCUT2D eigenvalue weighted by atomic mass is 16.5. The maximum absolute atomic E-state index is 5.95. The van der Waals surface area contributed by atoms with Gasteiger partial charge in [-0.25, -0.2) is 0 Å². The van der Waals surface area contributed by atoms with Crippen LogP contribution in [0.2, 0.25) is 0 Å². The molecule has 1 N–H and O–H groups in total. The first-order valence-corrected chi connectivity index (χ1v) is 7.71. The van der Waals surface area contributed by atoms with Gasteiger partial charge < -0.3 is 15.0 Å². The number of aryl methyl sites for hydroxylation is 2. The number of hydrogen-bond donors (Lipinski definition) is 1. The Labute approximate surface area is 121 Å². The Hall–Kier alpha value is -1.07. The molecule has 20 heavy (non-hydrogen) atoms. The molecule has 2 saturated heterocycles. The van der Waals surface area contributed by atoms with Gasteiger partial charge in [0.05, 0.1) is 17.9 Å². The van der Waals surface area contributed by atoms with E-state index in [1.54, 1.807) is 0 Å². The third kappa shape index (κ3) is 2.56. The molecule has 0 aromatic carbocycles. The molecule has 112 valence electrons. The van der Waals surface area contributed by atoms with E-state index >= 15 is 0 Å². The fourth-order valence-electron chi connectivity index (χ4n) is 3.39. The third-order valence-electron chi connectivity index (χ3n) is 4.34. The summed E-state index contributed by atoms with van der Waals surface area (Å²) >= 11 is 0. The van der Waals surface area contributed by atoms with E-state index < -0.39 is 0 Å². The molecule has 1 aromatic heterocycles. The average molecular weight is 278 g/mol. The molecule has 2 fully saturated rings. The molecule has 0 spiro atoms. The Balaban J connectivity index is 1.84. The fourth-order valence-corrected chi connectivity index (χ4v) is 3.39. The second-order valence-corrected chi connectivity index (χ2v) is 6.41. The molecule has 0 aliphatic carbocycles. The molecule has 2 aliphatic rings. The summed E-state index contributed by atoms with van der Waals surface area (Å²) in [5, 5.41) is 8.15. The lowest BCUT2D eigenvalue weighted by atomic mass is 10.2.